The van der Waals surface area contributed by atoms with Gasteiger partial charge in [0, 0.05) is 0 Å². The summed E-state index contributed by atoms with van der Waals surface area (Å²) in [5.41, 5.74) is 11.1. The van der Waals surface area contributed by atoms with Gasteiger partial charge in [-0.3, -0.25) is 0 Å². The van der Waals surface area contributed by atoms with Crippen molar-refractivity contribution in [2.45, 2.75) is 19.3 Å². The Morgan fingerprint density at radius 3 is 1.91 bits per heavy atom. The number of alkyl halides is 6. The number of aliphatic imine (C=N–C) groups is 2. The van der Waals surface area contributed by atoms with E-state index >= 15 is 0 Å². The van der Waals surface area contributed by atoms with E-state index in [-0.39, 0.29) is 6.07 Å². The van der Waals surface area contributed by atoms with Gasteiger partial charge in [0.1, 0.15) is 0 Å². The SMILES string of the molecule is Cc1c(N=C(N)N=C(N)N)cc(C(F)(F)F)cc1C(F)(F)F. The molecule has 22 heavy (non-hydrogen) atoms. The largest absolute Gasteiger partial charge is 0.416 e. The number of halogens is 6. The van der Waals surface area contributed by atoms with Crippen LogP contribution < -0.4 is 17.2 Å². The second-order valence-electron chi connectivity index (χ2n) is 4.17. The Bertz CT molecular complexity index is 625. The fourth-order valence-corrected chi connectivity index (χ4v) is 1.55. The van der Waals surface area contributed by atoms with Gasteiger partial charge in [-0.25, -0.2) is 4.99 Å². The summed E-state index contributed by atoms with van der Waals surface area (Å²) in [6.07, 6.45) is -9.97. The average molecular weight is 327 g/mol. The van der Waals surface area contributed by atoms with E-state index < -0.39 is 46.6 Å². The smallest absolute Gasteiger partial charge is 0.370 e. The zero-order chi connectivity index (χ0) is 17.3. The zero-order valence-corrected chi connectivity index (χ0v) is 11.0. The molecule has 11 heteroatoms. The molecule has 0 bridgehead atoms. The molecule has 0 spiro atoms. The van der Waals surface area contributed by atoms with Gasteiger partial charge in [0.2, 0.25) is 5.96 Å². The summed E-state index contributed by atoms with van der Waals surface area (Å²) in [5.74, 6) is -1.21. The van der Waals surface area contributed by atoms with Gasteiger partial charge in [0.15, 0.2) is 5.96 Å². The Kier molecular flexibility index (Phi) is 4.58. The highest BCUT2D eigenvalue weighted by Gasteiger charge is 2.38. The quantitative estimate of drug-likeness (QED) is 0.419. The van der Waals surface area contributed by atoms with E-state index in [0.717, 1.165) is 6.92 Å². The number of nitrogens with two attached hydrogens (primary N) is 3. The predicted molar refractivity (Wildman–Crippen MR) is 68.3 cm³/mol. The van der Waals surface area contributed by atoms with Gasteiger partial charge in [-0.1, -0.05) is 0 Å². The summed E-state index contributed by atoms with van der Waals surface area (Å²) < 4.78 is 76.6. The monoisotopic (exact) mass is 327 g/mol. The summed E-state index contributed by atoms with van der Waals surface area (Å²) in [5, 5.41) is 0. The molecule has 0 amide bonds. The lowest BCUT2D eigenvalue weighted by molar-refractivity contribution is -0.143. The predicted octanol–water partition coefficient (Wildman–Crippen LogP) is 2.25. The van der Waals surface area contributed by atoms with Crippen molar-refractivity contribution in [1.29, 1.82) is 0 Å². The normalized spacial score (nSPS) is 13.1. The van der Waals surface area contributed by atoms with Gasteiger partial charge < -0.3 is 17.2 Å². The topological polar surface area (TPSA) is 103 Å². The van der Waals surface area contributed by atoms with Crippen molar-refractivity contribution in [2.24, 2.45) is 27.2 Å². The number of hydrogen-bond acceptors (Lipinski definition) is 1. The summed E-state index contributed by atoms with van der Waals surface area (Å²) >= 11 is 0. The molecule has 0 aliphatic rings. The third-order valence-corrected chi connectivity index (χ3v) is 2.49. The minimum absolute atomic E-state index is 0.00506. The molecule has 0 aromatic heterocycles. The van der Waals surface area contributed by atoms with Crippen LogP contribution in [0.25, 0.3) is 0 Å². The van der Waals surface area contributed by atoms with Gasteiger partial charge in [0.25, 0.3) is 0 Å². The molecular weight excluding hydrogens is 316 g/mol. The first kappa shape index (κ1) is 17.6. The van der Waals surface area contributed by atoms with Crippen LogP contribution in [0, 0.1) is 6.92 Å². The molecule has 0 unspecified atom stereocenters. The maximum atomic E-state index is 12.8. The second kappa shape index (κ2) is 5.73. The Balaban J connectivity index is 3.61. The van der Waals surface area contributed by atoms with Crippen molar-refractivity contribution in [2.75, 3.05) is 0 Å². The van der Waals surface area contributed by atoms with E-state index in [1.54, 1.807) is 0 Å². The van der Waals surface area contributed by atoms with E-state index in [2.05, 4.69) is 9.98 Å². The highest BCUT2D eigenvalue weighted by Crippen LogP contribution is 2.41. The van der Waals surface area contributed by atoms with Gasteiger partial charge in [-0.2, -0.15) is 31.3 Å². The number of hydrogen-bond donors (Lipinski definition) is 3. The molecule has 0 saturated heterocycles. The van der Waals surface area contributed by atoms with Crippen LogP contribution in [0.15, 0.2) is 22.1 Å². The Hall–Kier alpha value is -2.46. The van der Waals surface area contributed by atoms with Crippen LogP contribution in [0.1, 0.15) is 16.7 Å². The minimum atomic E-state index is -4.99. The lowest BCUT2D eigenvalue weighted by atomic mass is 10.0. The third-order valence-electron chi connectivity index (χ3n) is 2.49. The number of rotatable bonds is 1. The van der Waals surface area contributed by atoms with Gasteiger partial charge >= 0.3 is 12.4 Å². The first-order valence-corrected chi connectivity index (χ1v) is 5.55. The van der Waals surface area contributed by atoms with Crippen molar-refractivity contribution < 1.29 is 26.3 Å². The van der Waals surface area contributed by atoms with E-state index in [1.165, 1.54) is 0 Å². The van der Waals surface area contributed by atoms with Crippen LogP contribution in [-0.2, 0) is 12.4 Å². The van der Waals surface area contributed by atoms with E-state index in [1.807, 2.05) is 0 Å². The third kappa shape index (κ3) is 4.27. The van der Waals surface area contributed by atoms with Crippen molar-refractivity contribution in [3.63, 3.8) is 0 Å². The highest BCUT2D eigenvalue weighted by molar-refractivity contribution is 5.93. The molecule has 122 valence electrons. The van der Waals surface area contributed by atoms with Crippen molar-refractivity contribution in [3.8, 4) is 0 Å². The molecule has 0 saturated carbocycles. The lowest BCUT2D eigenvalue weighted by Crippen LogP contribution is -2.26. The molecule has 1 aromatic rings. The average Bonchev–Trinajstić information content (AvgIpc) is 2.27. The molecule has 1 aromatic carbocycles. The molecule has 5 nitrogen and oxygen atoms in total. The van der Waals surface area contributed by atoms with E-state index in [0.29, 0.717) is 6.07 Å². The summed E-state index contributed by atoms with van der Waals surface area (Å²) in [4.78, 5) is 6.63. The number of benzene rings is 1. The Morgan fingerprint density at radius 1 is 0.955 bits per heavy atom. The highest BCUT2D eigenvalue weighted by atomic mass is 19.4. The fourth-order valence-electron chi connectivity index (χ4n) is 1.55. The standard InChI is InChI=1S/C11H11F6N5/c1-4-6(11(15,16)17)2-5(10(12,13)14)3-7(4)21-9(20)22-8(18)19/h2-3H,1H3,(H6,18,19,20,21,22). The summed E-state index contributed by atoms with van der Waals surface area (Å²) in [6, 6.07) is 0.435. The van der Waals surface area contributed by atoms with Crippen molar-refractivity contribution in [3.05, 3.63) is 28.8 Å². The molecule has 0 fully saturated rings. The maximum Gasteiger partial charge on any atom is 0.416 e. The van der Waals surface area contributed by atoms with Crippen LogP contribution in [-0.4, -0.2) is 11.9 Å². The number of guanidine groups is 2. The van der Waals surface area contributed by atoms with Crippen LogP contribution in [0.5, 0.6) is 0 Å². The lowest BCUT2D eigenvalue weighted by Gasteiger charge is -2.16. The number of nitrogens with zero attached hydrogens (tertiary/aromatic N) is 2. The van der Waals surface area contributed by atoms with Gasteiger partial charge in [0.05, 0.1) is 16.8 Å². The van der Waals surface area contributed by atoms with Gasteiger partial charge in [-0.15, -0.1) is 0 Å². The molecule has 0 aliphatic carbocycles. The molecule has 6 N–H and O–H groups in total. The fraction of sp³-hybridized carbons (Fsp3) is 0.273. The molecule has 0 atom stereocenters. The molecule has 0 aliphatic heterocycles. The van der Waals surface area contributed by atoms with Crippen molar-refractivity contribution >= 4 is 17.6 Å². The van der Waals surface area contributed by atoms with E-state index in [9.17, 15) is 26.3 Å². The Labute approximate surface area is 120 Å². The van der Waals surface area contributed by atoms with Gasteiger partial charge in [-0.05, 0) is 24.6 Å². The molecular formula is C11H11F6N5. The molecule has 0 radical (unpaired) electrons. The second-order valence-corrected chi connectivity index (χ2v) is 4.17. The van der Waals surface area contributed by atoms with Crippen LogP contribution in [0.4, 0.5) is 32.0 Å². The molecule has 1 rings (SSSR count). The summed E-state index contributed by atoms with van der Waals surface area (Å²) in [7, 11) is 0. The van der Waals surface area contributed by atoms with Crippen molar-refractivity contribution in [1.82, 2.24) is 0 Å². The first-order valence-electron chi connectivity index (χ1n) is 5.55. The maximum absolute atomic E-state index is 12.8. The van der Waals surface area contributed by atoms with E-state index in [4.69, 9.17) is 17.2 Å². The van der Waals surface area contributed by atoms with Crippen LogP contribution in [0.3, 0.4) is 0 Å². The van der Waals surface area contributed by atoms with Crippen LogP contribution >= 0.6 is 0 Å². The zero-order valence-electron chi connectivity index (χ0n) is 11.0. The molecule has 0 heterocycles. The first-order chi connectivity index (χ1) is 9.82. The van der Waals surface area contributed by atoms with Crippen LogP contribution in [0.2, 0.25) is 0 Å². The Morgan fingerprint density at radius 2 is 1.50 bits per heavy atom. The summed E-state index contributed by atoms with van der Waals surface area (Å²) in [6.45, 7) is 0.963. The minimum Gasteiger partial charge on any atom is -0.370 e.